The van der Waals surface area contributed by atoms with Crippen LogP contribution in [-0.4, -0.2) is 32.3 Å². The topological polar surface area (TPSA) is 81.4 Å². The highest BCUT2D eigenvalue weighted by Crippen LogP contribution is 2.29. The molecule has 1 amide bonds. The number of nitrogens with zero attached hydrogens (tertiary/aromatic N) is 4. The van der Waals surface area contributed by atoms with Gasteiger partial charge in [-0.3, -0.25) is 4.79 Å². The molecule has 0 fully saturated rings. The number of carbonyl (C=O) groups excluding carboxylic acids is 1. The molecule has 1 atom stereocenters. The minimum Gasteiger partial charge on any atom is -0.484 e. The number of amides is 1. The number of rotatable bonds is 7. The quantitative estimate of drug-likeness (QED) is 0.442. The molecular formula is C23H25N5O2S. The van der Waals surface area contributed by atoms with E-state index in [0.29, 0.717) is 11.7 Å². The second kappa shape index (κ2) is 8.85. The van der Waals surface area contributed by atoms with Crippen molar-refractivity contribution in [3.63, 3.8) is 0 Å². The molecule has 8 heteroatoms. The van der Waals surface area contributed by atoms with Crippen LogP contribution < -0.4 is 10.1 Å². The van der Waals surface area contributed by atoms with E-state index in [1.807, 2.05) is 44.2 Å². The molecule has 7 nitrogen and oxygen atoms in total. The van der Waals surface area contributed by atoms with Gasteiger partial charge in [0.1, 0.15) is 10.8 Å². The van der Waals surface area contributed by atoms with E-state index < -0.39 is 0 Å². The molecule has 2 aromatic heterocycles. The van der Waals surface area contributed by atoms with Crippen LogP contribution >= 0.6 is 11.3 Å². The van der Waals surface area contributed by atoms with Crippen molar-refractivity contribution in [2.24, 2.45) is 0 Å². The van der Waals surface area contributed by atoms with Crippen molar-refractivity contribution in [2.75, 3.05) is 11.9 Å². The summed E-state index contributed by atoms with van der Waals surface area (Å²) in [7, 11) is 0. The van der Waals surface area contributed by atoms with Crippen molar-refractivity contribution in [3.05, 3.63) is 59.4 Å². The lowest BCUT2D eigenvalue weighted by Gasteiger charge is -2.12. The SMILES string of the molecule is CC[C@H](C)c1ccc(OCC(=O)Nc2cc(-c3nn4c(C)nnc4s3)ccc2C)cc1. The first-order chi connectivity index (χ1) is 14.9. The first-order valence-corrected chi connectivity index (χ1v) is 11.1. The minimum atomic E-state index is -0.208. The molecule has 0 saturated heterocycles. The predicted octanol–water partition coefficient (Wildman–Crippen LogP) is 5.00. The van der Waals surface area contributed by atoms with Gasteiger partial charge in [-0.1, -0.05) is 49.4 Å². The number of aromatic nitrogens is 4. The molecule has 0 bridgehead atoms. The number of aryl methyl sites for hydroxylation is 2. The molecule has 0 saturated carbocycles. The van der Waals surface area contributed by atoms with E-state index in [9.17, 15) is 4.79 Å². The van der Waals surface area contributed by atoms with Gasteiger partial charge >= 0.3 is 0 Å². The van der Waals surface area contributed by atoms with Gasteiger partial charge in [-0.15, -0.1) is 10.2 Å². The number of carbonyl (C=O) groups is 1. The molecule has 0 aliphatic rings. The zero-order valence-corrected chi connectivity index (χ0v) is 18.9. The van der Waals surface area contributed by atoms with Crippen molar-refractivity contribution in [2.45, 2.75) is 40.0 Å². The van der Waals surface area contributed by atoms with Crippen LogP contribution in [0.5, 0.6) is 5.75 Å². The average Bonchev–Trinajstić information content (AvgIpc) is 3.35. The van der Waals surface area contributed by atoms with Crippen LogP contribution in [0.3, 0.4) is 0 Å². The van der Waals surface area contributed by atoms with Crippen molar-refractivity contribution in [3.8, 4) is 16.3 Å². The minimum absolute atomic E-state index is 0.0533. The van der Waals surface area contributed by atoms with E-state index in [4.69, 9.17) is 4.74 Å². The Kier molecular flexibility index (Phi) is 5.99. The summed E-state index contributed by atoms with van der Waals surface area (Å²) in [5, 5.41) is 16.5. The number of fused-ring (bicyclic) bond motifs is 1. The Labute approximate surface area is 185 Å². The van der Waals surface area contributed by atoms with Gasteiger partial charge in [0.25, 0.3) is 5.91 Å². The monoisotopic (exact) mass is 435 g/mol. The van der Waals surface area contributed by atoms with Crippen molar-refractivity contribution < 1.29 is 9.53 Å². The van der Waals surface area contributed by atoms with Gasteiger partial charge in [-0.05, 0) is 55.5 Å². The smallest absolute Gasteiger partial charge is 0.262 e. The summed E-state index contributed by atoms with van der Waals surface area (Å²) in [6.07, 6.45) is 1.09. The normalized spacial score (nSPS) is 12.1. The van der Waals surface area contributed by atoms with Crippen LogP contribution in [0.4, 0.5) is 5.69 Å². The van der Waals surface area contributed by atoms with Crippen LogP contribution in [0.25, 0.3) is 15.5 Å². The molecular weight excluding hydrogens is 410 g/mol. The van der Waals surface area contributed by atoms with Gasteiger partial charge in [-0.25, -0.2) is 0 Å². The molecule has 0 aliphatic carbocycles. The summed E-state index contributed by atoms with van der Waals surface area (Å²) in [6.45, 7) is 8.13. The number of hydrogen-bond donors (Lipinski definition) is 1. The highest BCUT2D eigenvalue weighted by molar-refractivity contribution is 7.19. The molecule has 31 heavy (non-hydrogen) atoms. The van der Waals surface area contributed by atoms with E-state index >= 15 is 0 Å². The molecule has 2 heterocycles. The maximum Gasteiger partial charge on any atom is 0.262 e. The Bertz CT molecular complexity index is 1210. The van der Waals surface area contributed by atoms with Gasteiger partial charge in [-0.2, -0.15) is 9.61 Å². The fourth-order valence-electron chi connectivity index (χ4n) is 3.18. The van der Waals surface area contributed by atoms with Gasteiger partial charge in [0.15, 0.2) is 12.4 Å². The van der Waals surface area contributed by atoms with Crippen LogP contribution in [0.1, 0.15) is 43.1 Å². The Morgan fingerprint density at radius 1 is 1.16 bits per heavy atom. The van der Waals surface area contributed by atoms with Gasteiger partial charge in [0, 0.05) is 11.3 Å². The van der Waals surface area contributed by atoms with Crippen LogP contribution in [0, 0.1) is 13.8 Å². The van der Waals surface area contributed by atoms with E-state index in [0.717, 1.165) is 39.0 Å². The summed E-state index contributed by atoms with van der Waals surface area (Å²) in [5.41, 5.74) is 3.89. The van der Waals surface area contributed by atoms with E-state index in [2.05, 4.69) is 46.6 Å². The van der Waals surface area contributed by atoms with Crippen LogP contribution in [0.2, 0.25) is 0 Å². The Hall–Kier alpha value is -3.26. The zero-order chi connectivity index (χ0) is 22.0. The summed E-state index contributed by atoms with van der Waals surface area (Å²) in [6, 6.07) is 13.8. The fraction of sp³-hybridized carbons (Fsp3) is 0.304. The lowest BCUT2D eigenvalue weighted by molar-refractivity contribution is -0.118. The largest absolute Gasteiger partial charge is 0.484 e. The molecule has 2 aromatic carbocycles. The molecule has 0 radical (unpaired) electrons. The molecule has 1 N–H and O–H groups in total. The van der Waals surface area contributed by atoms with E-state index in [1.54, 1.807) is 4.52 Å². The maximum atomic E-state index is 12.5. The highest BCUT2D eigenvalue weighted by Gasteiger charge is 2.13. The lowest BCUT2D eigenvalue weighted by Crippen LogP contribution is -2.20. The third kappa shape index (κ3) is 4.59. The first-order valence-electron chi connectivity index (χ1n) is 10.3. The second-order valence-electron chi connectivity index (χ2n) is 7.59. The number of hydrogen-bond acceptors (Lipinski definition) is 6. The van der Waals surface area contributed by atoms with Crippen molar-refractivity contribution >= 4 is 27.9 Å². The number of anilines is 1. The van der Waals surface area contributed by atoms with E-state index in [1.165, 1.54) is 16.9 Å². The second-order valence-corrected chi connectivity index (χ2v) is 8.55. The highest BCUT2D eigenvalue weighted by atomic mass is 32.1. The summed E-state index contributed by atoms with van der Waals surface area (Å²) >= 11 is 1.46. The number of benzene rings is 2. The average molecular weight is 436 g/mol. The summed E-state index contributed by atoms with van der Waals surface area (Å²) in [4.78, 5) is 13.2. The number of nitrogens with one attached hydrogen (secondary N) is 1. The van der Waals surface area contributed by atoms with E-state index in [-0.39, 0.29) is 12.5 Å². The molecule has 160 valence electrons. The summed E-state index contributed by atoms with van der Waals surface area (Å²) in [5.74, 6) is 1.73. The number of ether oxygens (including phenoxy) is 1. The Balaban J connectivity index is 1.42. The van der Waals surface area contributed by atoms with Crippen molar-refractivity contribution in [1.82, 2.24) is 19.8 Å². The Morgan fingerprint density at radius 3 is 2.65 bits per heavy atom. The molecule has 0 aliphatic heterocycles. The van der Waals surface area contributed by atoms with Gasteiger partial charge in [0.2, 0.25) is 4.96 Å². The zero-order valence-electron chi connectivity index (χ0n) is 18.0. The summed E-state index contributed by atoms with van der Waals surface area (Å²) < 4.78 is 7.39. The van der Waals surface area contributed by atoms with Gasteiger partial charge in [0.05, 0.1) is 0 Å². The fourth-order valence-corrected chi connectivity index (χ4v) is 4.07. The lowest BCUT2D eigenvalue weighted by atomic mass is 9.99. The van der Waals surface area contributed by atoms with Gasteiger partial charge < -0.3 is 10.1 Å². The standard InChI is InChI=1S/C23H25N5O2S/c1-5-14(2)17-8-10-19(11-9-17)30-13-21(29)24-20-12-18(7-6-15(20)3)22-27-28-16(4)25-26-23(28)31-22/h6-12,14H,5,13H2,1-4H3,(H,24,29)/t14-/m0/s1. The third-order valence-electron chi connectivity index (χ3n) is 5.34. The molecule has 4 aromatic rings. The van der Waals surface area contributed by atoms with Crippen LogP contribution in [-0.2, 0) is 4.79 Å². The van der Waals surface area contributed by atoms with Crippen molar-refractivity contribution in [1.29, 1.82) is 0 Å². The van der Waals surface area contributed by atoms with Crippen LogP contribution in [0.15, 0.2) is 42.5 Å². The predicted molar refractivity (Wildman–Crippen MR) is 123 cm³/mol. The molecule has 4 rings (SSSR count). The molecule has 0 unspecified atom stereocenters. The Morgan fingerprint density at radius 2 is 1.94 bits per heavy atom. The first kappa shape index (κ1) is 21.0. The molecule has 0 spiro atoms. The maximum absolute atomic E-state index is 12.5. The third-order valence-corrected chi connectivity index (χ3v) is 6.28.